The van der Waals surface area contributed by atoms with Crippen molar-refractivity contribution < 1.29 is 9.50 Å². The van der Waals surface area contributed by atoms with Gasteiger partial charge in [0, 0.05) is 25.7 Å². The molecule has 5 nitrogen and oxygen atoms in total. The van der Waals surface area contributed by atoms with E-state index in [1.165, 1.54) is 17.7 Å². The van der Waals surface area contributed by atoms with Crippen molar-refractivity contribution >= 4 is 17.0 Å². The van der Waals surface area contributed by atoms with Crippen molar-refractivity contribution in [2.75, 3.05) is 25.0 Å². The van der Waals surface area contributed by atoms with Crippen molar-refractivity contribution in [2.24, 2.45) is 0 Å². The normalized spacial score (nSPS) is 15.2. The molecule has 0 spiro atoms. The van der Waals surface area contributed by atoms with Gasteiger partial charge in [-0.1, -0.05) is 36.4 Å². The molecule has 0 unspecified atom stereocenters. The van der Waals surface area contributed by atoms with E-state index in [1.807, 2.05) is 42.5 Å². The molecular formula is C27H29FN4O. The van der Waals surface area contributed by atoms with Crippen LogP contribution in [0.4, 0.5) is 10.3 Å². The van der Waals surface area contributed by atoms with Crippen molar-refractivity contribution in [3.8, 4) is 5.75 Å². The number of hydrogen-bond acceptors (Lipinski definition) is 4. The molecule has 3 aromatic carbocycles. The number of aromatic nitrogens is 2. The molecule has 0 bridgehead atoms. The van der Waals surface area contributed by atoms with Gasteiger partial charge in [-0.3, -0.25) is 0 Å². The fourth-order valence-corrected chi connectivity index (χ4v) is 4.60. The van der Waals surface area contributed by atoms with Crippen LogP contribution >= 0.6 is 0 Å². The van der Waals surface area contributed by atoms with Crippen LogP contribution in [0.15, 0.2) is 72.8 Å². The molecule has 33 heavy (non-hydrogen) atoms. The Kier molecular flexibility index (Phi) is 6.26. The molecule has 5 rings (SSSR count). The smallest absolute Gasteiger partial charge is 0.204 e. The average Bonchev–Trinajstić information content (AvgIpc) is 3.17. The first-order valence-electron chi connectivity index (χ1n) is 11.6. The third kappa shape index (κ3) is 5.17. The summed E-state index contributed by atoms with van der Waals surface area (Å²) in [6.07, 6.45) is 3.06. The molecule has 1 saturated heterocycles. The zero-order valence-electron chi connectivity index (χ0n) is 18.6. The molecule has 1 aliphatic heterocycles. The minimum Gasteiger partial charge on any atom is -0.508 e. The Morgan fingerprint density at radius 1 is 0.939 bits per heavy atom. The molecule has 0 atom stereocenters. The number of nitrogens with zero attached hydrogens (tertiary/aromatic N) is 3. The Bertz CT molecular complexity index is 1210. The van der Waals surface area contributed by atoms with Gasteiger partial charge in [-0.05, 0) is 66.8 Å². The molecule has 2 N–H and O–H groups in total. The number of hydrogen-bond donors (Lipinski definition) is 2. The van der Waals surface area contributed by atoms with Crippen LogP contribution in [-0.4, -0.2) is 45.2 Å². The molecule has 1 fully saturated rings. The second-order valence-electron chi connectivity index (χ2n) is 8.82. The maximum atomic E-state index is 13.4. The van der Waals surface area contributed by atoms with Gasteiger partial charge in [-0.2, -0.15) is 0 Å². The highest BCUT2D eigenvalue weighted by molar-refractivity contribution is 5.78. The molecule has 0 radical (unpaired) electrons. The molecule has 170 valence electrons. The van der Waals surface area contributed by atoms with E-state index in [0.717, 1.165) is 61.4 Å². The Balaban J connectivity index is 1.23. The molecule has 0 amide bonds. The predicted octanol–water partition coefficient (Wildman–Crippen LogP) is 5.05. The summed E-state index contributed by atoms with van der Waals surface area (Å²) >= 11 is 0. The number of piperidine rings is 1. The largest absolute Gasteiger partial charge is 0.508 e. The Labute approximate surface area is 193 Å². The van der Waals surface area contributed by atoms with Crippen molar-refractivity contribution in [3.05, 3.63) is 89.7 Å². The number of aromatic hydroxyl groups is 1. The van der Waals surface area contributed by atoms with Gasteiger partial charge in [0.05, 0.1) is 17.6 Å². The van der Waals surface area contributed by atoms with Crippen LogP contribution < -0.4 is 5.32 Å². The van der Waals surface area contributed by atoms with E-state index in [9.17, 15) is 9.50 Å². The summed E-state index contributed by atoms with van der Waals surface area (Å²) in [7, 11) is 0. The van der Waals surface area contributed by atoms with E-state index >= 15 is 0 Å². The zero-order valence-corrected chi connectivity index (χ0v) is 18.6. The van der Waals surface area contributed by atoms with E-state index in [4.69, 9.17) is 4.98 Å². The molecule has 4 aromatic rings. The van der Waals surface area contributed by atoms with Gasteiger partial charge in [0.15, 0.2) is 0 Å². The highest BCUT2D eigenvalue weighted by Crippen LogP contribution is 2.24. The number of nitrogens with one attached hydrogen (secondary N) is 1. The lowest BCUT2D eigenvalue weighted by atomic mass is 10.0. The third-order valence-corrected chi connectivity index (χ3v) is 6.46. The van der Waals surface area contributed by atoms with Crippen molar-refractivity contribution in [1.29, 1.82) is 0 Å². The first kappa shape index (κ1) is 21.5. The summed E-state index contributed by atoms with van der Waals surface area (Å²) in [6.45, 7) is 3.72. The quantitative estimate of drug-likeness (QED) is 0.419. The first-order valence-corrected chi connectivity index (χ1v) is 11.6. The minimum absolute atomic E-state index is 0.219. The SMILES string of the molecule is Oc1cccc(CCN2CCC(Nc3nc4ccccc4n3Cc3ccc(F)cc3)CC2)c1. The van der Waals surface area contributed by atoms with E-state index in [2.05, 4.69) is 26.9 Å². The average molecular weight is 445 g/mol. The van der Waals surface area contributed by atoms with Gasteiger partial charge in [0.25, 0.3) is 0 Å². The highest BCUT2D eigenvalue weighted by Gasteiger charge is 2.21. The van der Waals surface area contributed by atoms with Gasteiger partial charge in [0.2, 0.25) is 5.95 Å². The monoisotopic (exact) mass is 444 g/mol. The summed E-state index contributed by atoms with van der Waals surface area (Å²) in [6, 6.07) is 22.7. The number of likely N-dealkylation sites (tertiary alicyclic amines) is 1. The van der Waals surface area contributed by atoms with E-state index in [1.54, 1.807) is 6.07 Å². The second-order valence-corrected chi connectivity index (χ2v) is 8.82. The van der Waals surface area contributed by atoms with Gasteiger partial charge in [-0.15, -0.1) is 0 Å². The molecule has 6 heteroatoms. The molecule has 0 aliphatic carbocycles. The van der Waals surface area contributed by atoms with Crippen LogP contribution in [0.1, 0.15) is 24.0 Å². The lowest BCUT2D eigenvalue weighted by Gasteiger charge is -2.32. The number of halogens is 1. The van der Waals surface area contributed by atoms with Crippen LogP contribution in [0.3, 0.4) is 0 Å². The minimum atomic E-state index is -0.219. The van der Waals surface area contributed by atoms with Crippen LogP contribution in [0.2, 0.25) is 0 Å². The van der Waals surface area contributed by atoms with Gasteiger partial charge in [-0.25, -0.2) is 9.37 Å². The van der Waals surface area contributed by atoms with E-state index in [-0.39, 0.29) is 5.82 Å². The maximum Gasteiger partial charge on any atom is 0.204 e. The summed E-state index contributed by atoms with van der Waals surface area (Å²) in [5.74, 6) is 0.987. The molecular weight excluding hydrogens is 415 g/mol. The van der Waals surface area contributed by atoms with Crippen LogP contribution in [-0.2, 0) is 13.0 Å². The summed E-state index contributed by atoms with van der Waals surface area (Å²) in [5.41, 5.74) is 4.26. The zero-order chi connectivity index (χ0) is 22.6. The number of rotatable bonds is 7. The fourth-order valence-electron chi connectivity index (χ4n) is 4.60. The Morgan fingerprint density at radius 3 is 2.52 bits per heavy atom. The Morgan fingerprint density at radius 2 is 1.73 bits per heavy atom. The highest BCUT2D eigenvalue weighted by atomic mass is 19.1. The first-order chi connectivity index (χ1) is 16.1. The number of phenols is 1. The third-order valence-electron chi connectivity index (χ3n) is 6.46. The lowest BCUT2D eigenvalue weighted by Crippen LogP contribution is -2.40. The second kappa shape index (κ2) is 9.63. The molecule has 2 heterocycles. The van der Waals surface area contributed by atoms with Gasteiger partial charge >= 0.3 is 0 Å². The van der Waals surface area contributed by atoms with Gasteiger partial charge in [0.1, 0.15) is 11.6 Å². The van der Waals surface area contributed by atoms with E-state index in [0.29, 0.717) is 18.3 Å². The number of fused-ring (bicyclic) bond motifs is 1. The van der Waals surface area contributed by atoms with Gasteiger partial charge < -0.3 is 19.9 Å². The number of imidazole rings is 1. The van der Waals surface area contributed by atoms with Crippen LogP contribution in [0, 0.1) is 5.82 Å². The number of anilines is 1. The van der Waals surface area contributed by atoms with E-state index < -0.39 is 0 Å². The maximum absolute atomic E-state index is 13.4. The fraction of sp³-hybridized carbons (Fsp3) is 0.296. The topological polar surface area (TPSA) is 53.3 Å². The molecule has 1 aromatic heterocycles. The number of phenolic OH excluding ortho intramolecular Hbond substituents is 1. The summed E-state index contributed by atoms with van der Waals surface area (Å²) in [5, 5.41) is 13.3. The van der Waals surface area contributed by atoms with Crippen molar-refractivity contribution in [2.45, 2.75) is 31.8 Å². The molecule has 1 aliphatic rings. The standard InChI is InChI=1S/C27H29FN4O/c28-22-10-8-21(9-11-22)19-32-26-7-2-1-6-25(26)30-27(32)29-23-13-16-31(17-14-23)15-12-20-4-3-5-24(33)18-20/h1-11,18,23,33H,12-17,19H2,(H,29,30). The molecule has 0 saturated carbocycles. The van der Waals surface area contributed by atoms with Crippen LogP contribution in [0.25, 0.3) is 11.0 Å². The summed E-state index contributed by atoms with van der Waals surface area (Å²) < 4.78 is 15.6. The number of benzene rings is 3. The number of para-hydroxylation sites is 2. The van der Waals surface area contributed by atoms with Crippen LogP contribution in [0.5, 0.6) is 5.75 Å². The lowest BCUT2D eigenvalue weighted by molar-refractivity contribution is 0.221. The van der Waals surface area contributed by atoms with Crippen molar-refractivity contribution in [1.82, 2.24) is 14.5 Å². The summed E-state index contributed by atoms with van der Waals surface area (Å²) in [4.78, 5) is 7.35. The Hall–Kier alpha value is -3.38. The predicted molar refractivity (Wildman–Crippen MR) is 130 cm³/mol. The van der Waals surface area contributed by atoms with Crippen molar-refractivity contribution in [3.63, 3.8) is 0 Å².